The molecule has 13 heavy (non-hydrogen) atoms. The van der Waals surface area contributed by atoms with Gasteiger partial charge in [-0.1, -0.05) is 13.8 Å². The van der Waals surface area contributed by atoms with Gasteiger partial charge < -0.3 is 10.1 Å². The number of methoxy groups -OCH3 is 1. The van der Waals surface area contributed by atoms with Crippen molar-refractivity contribution in [2.24, 2.45) is 0 Å². The topological polar surface area (TPSA) is 34.2 Å². The highest BCUT2D eigenvalue weighted by Crippen LogP contribution is 2.18. The Morgan fingerprint density at radius 1 is 1.38 bits per heavy atom. The van der Waals surface area contributed by atoms with E-state index in [9.17, 15) is 0 Å². The summed E-state index contributed by atoms with van der Waals surface area (Å²) in [6.45, 7) is 5.91. The van der Waals surface area contributed by atoms with Crippen LogP contribution in [0.4, 0.5) is 5.69 Å². The van der Waals surface area contributed by atoms with E-state index in [0.29, 0.717) is 0 Å². The number of nitrogens with one attached hydrogen (secondary N) is 1. The highest BCUT2D eigenvalue weighted by atomic mass is 16.5. The van der Waals surface area contributed by atoms with Gasteiger partial charge in [0.15, 0.2) is 0 Å². The van der Waals surface area contributed by atoms with E-state index in [4.69, 9.17) is 4.74 Å². The van der Waals surface area contributed by atoms with Crippen LogP contribution < -0.4 is 10.1 Å². The predicted molar refractivity (Wildman–Crippen MR) is 56.4 cm³/mol. The summed E-state index contributed by atoms with van der Waals surface area (Å²) < 4.78 is 5.08. The first-order valence-corrected chi connectivity index (χ1v) is 4.46. The molecule has 0 aliphatic rings. The first-order valence-electron chi connectivity index (χ1n) is 4.46. The minimum Gasteiger partial charge on any atom is -0.495 e. The van der Waals surface area contributed by atoms with E-state index < -0.39 is 0 Å². The van der Waals surface area contributed by atoms with Crippen molar-refractivity contribution in [1.82, 2.24) is 4.98 Å². The van der Waals surface area contributed by atoms with Crippen LogP contribution in [0.25, 0.3) is 0 Å². The lowest BCUT2D eigenvalue weighted by atomic mass is 10.3. The van der Waals surface area contributed by atoms with Crippen molar-refractivity contribution >= 4 is 5.69 Å². The van der Waals surface area contributed by atoms with Crippen molar-refractivity contribution in [2.45, 2.75) is 20.8 Å². The Morgan fingerprint density at radius 2 is 2.00 bits per heavy atom. The fraction of sp³-hybridized carbons (Fsp3) is 0.500. The molecule has 0 saturated carbocycles. The molecule has 3 nitrogen and oxygen atoms in total. The Balaban J connectivity index is 0.000000671. The SMILES string of the molecule is CC.CNc1cnc(C)c(OC)c1. The first kappa shape index (κ1) is 11.8. The minimum absolute atomic E-state index is 0.817. The zero-order valence-corrected chi connectivity index (χ0v) is 9.01. The Hall–Kier alpha value is -1.25. The summed E-state index contributed by atoms with van der Waals surface area (Å²) in [7, 11) is 3.50. The first-order chi connectivity index (χ1) is 6.27. The molecular formula is C10H18N2O. The third-order valence-corrected chi connectivity index (χ3v) is 1.55. The van der Waals surface area contributed by atoms with Gasteiger partial charge in [-0.15, -0.1) is 0 Å². The van der Waals surface area contributed by atoms with Gasteiger partial charge in [-0.05, 0) is 6.92 Å². The number of ether oxygens (including phenoxy) is 1. The maximum atomic E-state index is 5.08. The molecule has 0 aliphatic carbocycles. The van der Waals surface area contributed by atoms with Gasteiger partial charge in [-0.25, -0.2) is 0 Å². The monoisotopic (exact) mass is 182 g/mol. The van der Waals surface area contributed by atoms with E-state index in [1.807, 2.05) is 33.9 Å². The molecule has 74 valence electrons. The summed E-state index contributed by atoms with van der Waals surface area (Å²) in [4.78, 5) is 4.13. The largest absolute Gasteiger partial charge is 0.495 e. The van der Waals surface area contributed by atoms with Gasteiger partial charge in [0.2, 0.25) is 0 Å². The molecule has 0 fully saturated rings. The third-order valence-electron chi connectivity index (χ3n) is 1.55. The zero-order chi connectivity index (χ0) is 10.3. The summed E-state index contributed by atoms with van der Waals surface area (Å²) in [6.07, 6.45) is 1.78. The summed E-state index contributed by atoms with van der Waals surface area (Å²) in [5.74, 6) is 0.817. The van der Waals surface area contributed by atoms with Crippen molar-refractivity contribution < 1.29 is 4.74 Å². The molecule has 0 saturated heterocycles. The third kappa shape index (κ3) is 3.32. The molecule has 0 aromatic carbocycles. The maximum absolute atomic E-state index is 5.08. The van der Waals surface area contributed by atoms with E-state index >= 15 is 0 Å². The number of nitrogens with zero attached hydrogens (tertiary/aromatic N) is 1. The molecule has 1 rings (SSSR count). The number of aromatic nitrogens is 1. The molecule has 0 atom stereocenters. The van der Waals surface area contributed by atoms with Crippen LogP contribution in [0.3, 0.4) is 0 Å². The smallest absolute Gasteiger partial charge is 0.142 e. The van der Waals surface area contributed by atoms with Gasteiger partial charge in [0.1, 0.15) is 5.75 Å². The average molecular weight is 182 g/mol. The van der Waals surface area contributed by atoms with E-state index in [1.54, 1.807) is 13.3 Å². The van der Waals surface area contributed by atoms with E-state index in [1.165, 1.54) is 0 Å². The summed E-state index contributed by atoms with van der Waals surface area (Å²) >= 11 is 0. The molecule has 1 aromatic rings. The molecule has 0 amide bonds. The molecule has 0 aliphatic heterocycles. The predicted octanol–water partition coefficient (Wildman–Crippen LogP) is 2.47. The molecule has 1 heterocycles. The average Bonchev–Trinajstić information content (AvgIpc) is 2.22. The van der Waals surface area contributed by atoms with Gasteiger partial charge in [0.05, 0.1) is 24.7 Å². The number of rotatable bonds is 2. The fourth-order valence-corrected chi connectivity index (χ4v) is 0.856. The number of pyridine rings is 1. The summed E-state index contributed by atoms with van der Waals surface area (Å²) in [5, 5.41) is 2.99. The van der Waals surface area contributed by atoms with Crippen LogP contribution in [0.1, 0.15) is 19.5 Å². The van der Waals surface area contributed by atoms with Gasteiger partial charge in [0.25, 0.3) is 0 Å². The highest BCUT2D eigenvalue weighted by Gasteiger charge is 1.98. The zero-order valence-electron chi connectivity index (χ0n) is 9.01. The number of aryl methyl sites for hydroxylation is 1. The van der Waals surface area contributed by atoms with Crippen molar-refractivity contribution in [2.75, 3.05) is 19.5 Å². The normalized spacial score (nSPS) is 8.38. The molecule has 0 radical (unpaired) electrons. The molecular weight excluding hydrogens is 164 g/mol. The molecule has 0 unspecified atom stereocenters. The second-order valence-electron chi connectivity index (χ2n) is 2.26. The van der Waals surface area contributed by atoms with Crippen LogP contribution >= 0.6 is 0 Å². The lowest BCUT2D eigenvalue weighted by molar-refractivity contribution is 0.409. The van der Waals surface area contributed by atoms with Gasteiger partial charge in [0, 0.05) is 13.1 Å². The lowest BCUT2D eigenvalue weighted by Gasteiger charge is -2.05. The van der Waals surface area contributed by atoms with Crippen molar-refractivity contribution in [3.63, 3.8) is 0 Å². The van der Waals surface area contributed by atoms with Crippen LogP contribution in [-0.2, 0) is 0 Å². The van der Waals surface area contributed by atoms with E-state index in [0.717, 1.165) is 17.1 Å². The number of anilines is 1. The second kappa shape index (κ2) is 6.29. The minimum atomic E-state index is 0.817. The summed E-state index contributed by atoms with van der Waals surface area (Å²) in [5.41, 5.74) is 1.87. The maximum Gasteiger partial charge on any atom is 0.142 e. The highest BCUT2D eigenvalue weighted by molar-refractivity contribution is 5.46. The van der Waals surface area contributed by atoms with E-state index in [-0.39, 0.29) is 0 Å². The lowest BCUT2D eigenvalue weighted by Crippen LogP contribution is -1.94. The van der Waals surface area contributed by atoms with Gasteiger partial charge in [-0.2, -0.15) is 0 Å². The number of hydrogen-bond donors (Lipinski definition) is 1. The van der Waals surface area contributed by atoms with Crippen molar-refractivity contribution in [3.8, 4) is 5.75 Å². The van der Waals surface area contributed by atoms with Crippen LogP contribution in [-0.4, -0.2) is 19.1 Å². The van der Waals surface area contributed by atoms with Crippen LogP contribution in [0.5, 0.6) is 5.75 Å². The Labute approximate surface area is 80.1 Å². The molecule has 3 heteroatoms. The summed E-state index contributed by atoms with van der Waals surface area (Å²) in [6, 6.07) is 1.92. The quantitative estimate of drug-likeness (QED) is 0.763. The van der Waals surface area contributed by atoms with Crippen molar-refractivity contribution in [1.29, 1.82) is 0 Å². The molecule has 0 bridgehead atoms. The molecule has 1 N–H and O–H groups in total. The van der Waals surface area contributed by atoms with Crippen molar-refractivity contribution in [3.05, 3.63) is 18.0 Å². The second-order valence-corrected chi connectivity index (χ2v) is 2.26. The van der Waals surface area contributed by atoms with Crippen LogP contribution in [0.2, 0.25) is 0 Å². The standard InChI is InChI=1S/C8H12N2O.C2H6/c1-6-8(11-3)4-7(9-2)5-10-6;1-2/h4-5,9H,1-3H3;1-2H3. The Morgan fingerprint density at radius 3 is 2.46 bits per heavy atom. The van der Waals surface area contributed by atoms with Gasteiger partial charge >= 0.3 is 0 Å². The Kier molecular flexibility index (Phi) is 5.68. The number of hydrogen-bond acceptors (Lipinski definition) is 3. The fourth-order valence-electron chi connectivity index (χ4n) is 0.856. The van der Waals surface area contributed by atoms with Crippen LogP contribution in [0, 0.1) is 6.92 Å². The molecule has 1 aromatic heterocycles. The van der Waals surface area contributed by atoms with Crippen LogP contribution in [0.15, 0.2) is 12.3 Å². The van der Waals surface area contributed by atoms with Gasteiger partial charge in [-0.3, -0.25) is 4.98 Å². The molecule has 0 spiro atoms. The Bertz CT molecular complexity index is 249. The van der Waals surface area contributed by atoms with E-state index in [2.05, 4.69) is 10.3 Å².